The molecule has 0 bridgehead atoms. The van der Waals surface area contributed by atoms with Crippen molar-refractivity contribution in [2.75, 3.05) is 0 Å². The predicted octanol–water partition coefficient (Wildman–Crippen LogP) is 4.61. The van der Waals surface area contributed by atoms with E-state index in [9.17, 15) is 0 Å². The number of aryl methyl sites for hydroxylation is 1. The second-order valence-electron chi connectivity index (χ2n) is 3.86. The average molecular weight is 324 g/mol. The van der Waals surface area contributed by atoms with Crippen molar-refractivity contribution in [2.24, 2.45) is 0 Å². The molecule has 90 valence electrons. The molecular formula is C13H8BrClN2O. The van der Waals surface area contributed by atoms with E-state index in [0.717, 1.165) is 22.3 Å². The molecule has 0 N–H and O–H groups in total. The summed E-state index contributed by atoms with van der Waals surface area (Å²) < 4.78 is 6.37. The van der Waals surface area contributed by atoms with Crippen molar-refractivity contribution in [1.82, 2.24) is 9.97 Å². The Kier molecular flexibility index (Phi) is 2.84. The maximum atomic E-state index is 6.01. The number of hydrogen-bond donors (Lipinski definition) is 0. The highest BCUT2D eigenvalue weighted by Crippen LogP contribution is 2.33. The third-order valence-corrected chi connectivity index (χ3v) is 3.79. The minimum atomic E-state index is 0.393. The molecule has 0 saturated carbocycles. The lowest BCUT2D eigenvalue weighted by Crippen LogP contribution is -1.90. The maximum Gasteiger partial charge on any atom is 0.165 e. The average Bonchev–Trinajstić information content (AvgIpc) is 2.69. The van der Waals surface area contributed by atoms with Crippen molar-refractivity contribution < 1.29 is 4.42 Å². The van der Waals surface area contributed by atoms with Gasteiger partial charge >= 0.3 is 0 Å². The van der Waals surface area contributed by atoms with E-state index in [1.54, 1.807) is 6.20 Å². The highest BCUT2D eigenvalue weighted by molar-refractivity contribution is 9.10. The third kappa shape index (κ3) is 1.82. The van der Waals surface area contributed by atoms with Crippen molar-refractivity contribution in [1.29, 1.82) is 0 Å². The van der Waals surface area contributed by atoms with Gasteiger partial charge in [-0.05, 0) is 28.9 Å². The standard InChI is InChI=1S/C13H8BrClN2O/c1-7-11(8-4-2-3-5-10(8)18-7)13-16-6-9(14)12(15)17-13/h2-6H,1H3. The summed E-state index contributed by atoms with van der Waals surface area (Å²) in [6, 6.07) is 7.80. The van der Waals surface area contributed by atoms with E-state index in [1.165, 1.54) is 0 Å². The number of furan rings is 1. The molecule has 2 aromatic heterocycles. The van der Waals surface area contributed by atoms with Crippen molar-refractivity contribution >= 4 is 38.5 Å². The first-order valence-electron chi connectivity index (χ1n) is 5.33. The van der Waals surface area contributed by atoms with Gasteiger partial charge in [-0.2, -0.15) is 0 Å². The summed E-state index contributed by atoms with van der Waals surface area (Å²) in [5.41, 5.74) is 1.72. The molecule has 2 heterocycles. The van der Waals surface area contributed by atoms with Gasteiger partial charge in [0.25, 0.3) is 0 Å². The SMILES string of the molecule is Cc1oc2ccccc2c1-c1ncc(Br)c(Cl)n1. The van der Waals surface area contributed by atoms with Crippen molar-refractivity contribution in [3.8, 4) is 11.4 Å². The van der Waals surface area contributed by atoms with Crippen LogP contribution in [-0.4, -0.2) is 9.97 Å². The largest absolute Gasteiger partial charge is 0.461 e. The smallest absolute Gasteiger partial charge is 0.165 e. The van der Waals surface area contributed by atoms with Gasteiger partial charge in [-0.15, -0.1) is 0 Å². The first-order valence-corrected chi connectivity index (χ1v) is 6.50. The van der Waals surface area contributed by atoms with Crippen molar-refractivity contribution in [3.05, 3.63) is 45.8 Å². The first kappa shape index (κ1) is 11.7. The number of nitrogens with zero attached hydrogens (tertiary/aromatic N) is 2. The second-order valence-corrected chi connectivity index (χ2v) is 5.07. The number of rotatable bonds is 1. The molecular weight excluding hydrogens is 316 g/mol. The van der Waals surface area contributed by atoms with E-state index in [2.05, 4.69) is 25.9 Å². The summed E-state index contributed by atoms with van der Waals surface area (Å²) in [6.07, 6.45) is 1.64. The Labute approximate surface area is 117 Å². The van der Waals surface area contributed by atoms with Crippen LogP contribution in [0.4, 0.5) is 0 Å². The molecule has 0 fully saturated rings. The summed E-state index contributed by atoms with van der Waals surface area (Å²) in [5.74, 6) is 1.36. The fourth-order valence-corrected chi connectivity index (χ4v) is 2.23. The summed E-state index contributed by atoms with van der Waals surface area (Å²) in [7, 11) is 0. The summed E-state index contributed by atoms with van der Waals surface area (Å²) >= 11 is 9.29. The minimum Gasteiger partial charge on any atom is -0.461 e. The van der Waals surface area contributed by atoms with Gasteiger partial charge in [0.05, 0.1) is 10.0 Å². The molecule has 1 aromatic carbocycles. The Morgan fingerprint density at radius 3 is 2.83 bits per heavy atom. The molecule has 3 rings (SSSR count). The van der Waals surface area contributed by atoms with Gasteiger partial charge in [0, 0.05) is 11.6 Å². The second kappa shape index (κ2) is 4.37. The van der Waals surface area contributed by atoms with Gasteiger partial charge in [0.15, 0.2) is 5.82 Å². The molecule has 0 aliphatic rings. The lowest BCUT2D eigenvalue weighted by Gasteiger charge is -2.00. The lowest BCUT2D eigenvalue weighted by atomic mass is 10.1. The van der Waals surface area contributed by atoms with E-state index in [1.807, 2.05) is 31.2 Å². The Hall–Kier alpha value is -1.39. The van der Waals surface area contributed by atoms with Gasteiger partial charge in [0.1, 0.15) is 16.5 Å². The molecule has 18 heavy (non-hydrogen) atoms. The fraction of sp³-hybridized carbons (Fsp3) is 0.0769. The molecule has 5 heteroatoms. The number of benzene rings is 1. The lowest BCUT2D eigenvalue weighted by molar-refractivity contribution is 0.579. The van der Waals surface area contributed by atoms with E-state index >= 15 is 0 Å². The van der Waals surface area contributed by atoms with Crippen LogP contribution < -0.4 is 0 Å². The number of hydrogen-bond acceptors (Lipinski definition) is 3. The summed E-state index contributed by atoms with van der Waals surface area (Å²) in [4.78, 5) is 8.56. The normalized spacial score (nSPS) is 11.1. The van der Waals surface area contributed by atoms with Crippen LogP contribution in [0.3, 0.4) is 0 Å². The van der Waals surface area contributed by atoms with E-state index in [0.29, 0.717) is 15.5 Å². The highest BCUT2D eigenvalue weighted by Gasteiger charge is 2.15. The molecule has 0 radical (unpaired) electrons. The number of aromatic nitrogens is 2. The van der Waals surface area contributed by atoms with Crippen LogP contribution in [0, 0.1) is 6.92 Å². The van der Waals surface area contributed by atoms with E-state index < -0.39 is 0 Å². The van der Waals surface area contributed by atoms with Crippen LogP contribution >= 0.6 is 27.5 Å². The maximum absolute atomic E-state index is 6.01. The molecule has 0 saturated heterocycles. The Morgan fingerprint density at radius 2 is 2.06 bits per heavy atom. The van der Waals surface area contributed by atoms with Crippen LogP contribution in [0.2, 0.25) is 5.15 Å². The third-order valence-electron chi connectivity index (χ3n) is 2.70. The number of para-hydroxylation sites is 1. The Bertz CT molecular complexity index is 739. The number of halogens is 2. The van der Waals surface area contributed by atoms with Crippen LogP contribution in [0.25, 0.3) is 22.4 Å². The van der Waals surface area contributed by atoms with Crippen LogP contribution in [0.5, 0.6) is 0 Å². The minimum absolute atomic E-state index is 0.393. The Balaban J connectivity index is 2.30. The molecule has 0 amide bonds. The summed E-state index contributed by atoms with van der Waals surface area (Å²) in [6.45, 7) is 1.90. The molecule has 0 aliphatic carbocycles. The predicted molar refractivity (Wildman–Crippen MR) is 74.7 cm³/mol. The zero-order valence-corrected chi connectivity index (χ0v) is 11.8. The van der Waals surface area contributed by atoms with Crippen molar-refractivity contribution in [3.63, 3.8) is 0 Å². The van der Waals surface area contributed by atoms with Crippen LogP contribution in [-0.2, 0) is 0 Å². The summed E-state index contributed by atoms with van der Waals surface area (Å²) in [5, 5.41) is 1.39. The quantitative estimate of drug-likeness (QED) is 0.614. The molecule has 0 spiro atoms. The number of fused-ring (bicyclic) bond motifs is 1. The van der Waals surface area contributed by atoms with Crippen LogP contribution in [0.1, 0.15) is 5.76 Å². The highest BCUT2D eigenvalue weighted by atomic mass is 79.9. The van der Waals surface area contributed by atoms with Gasteiger partial charge < -0.3 is 4.42 Å². The van der Waals surface area contributed by atoms with E-state index in [-0.39, 0.29) is 0 Å². The van der Waals surface area contributed by atoms with Gasteiger partial charge in [-0.1, -0.05) is 29.8 Å². The molecule has 3 aromatic rings. The molecule has 3 nitrogen and oxygen atoms in total. The van der Waals surface area contributed by atoms with Crippen molar-refractivity contribution in [2.45, 2.75) is 6.92 Å². The molecule has 0 aliphatic heterocycles. The van der Waals surface area contributed by atoms with E-state index in [4.69, 9.17) is 16.0 Å². The van der Waals surface area contributed by atoms with Crippen LogP contribution in [0.15, 0.2) is 39.4 Å². The topological polar surface area (TPSA) is 38.9 Å². The zero-order valence-electron chi connectivity index (χ0n) is 9.45. The zero-order chi connectivity index (χ0) is 12.7. The Morgan fingerprint density at radius 1 is 1.28 bits per heavy atom. The molecule has 0 unspecified atom stereocenters. The molecule has 0 atom stereocenters. The fourth-order valence-electron chi connectivity index (χ4n) is 1.91. The van der Waals surface area contributed by atoms with Gasteiger partial charge in [-0.25, -0.2) is 9.97 Å². The van der Waals surface area contributed by atoms with Gasteiger partial charge in [0.2, 0.25) is 0 Å². The first-order chi connectivity index (χ1) is 8.66. The monoisotopic (exact) mass is 322 g/mol. The van der Waals surface area contributed by atoms with Gasteiger partial charge in [-0.3, -0.25) is 0 Å².